The van der Waals surface area contributed by atoms with Crippen LogP contribution in [0.1, 0.15) is 39.0 Å². The third-order valence-corrected chi connectivity index (χ3v) is 9.52. The summed E-state index contributed by atoms with van der Waals surface area (Å²) < 4.78 is 30.1. The Morgan fingerprint density at radius 1 is 1.00 bits per heavy atom. The molecule has 4 N–H and O–H groups in total. The fraction of sp³-hybridized carbons (Fsp3) is 0.367. The van der Waals surface area contributed by atoms with Crippen LogP contribution in [-0.4, -0.2) is 54.9 Å². The Morgan fingerprint density at radius 3 is 2.41 bits per heavy atom. The van der Waals surface area contributed by atoms with E-state index in [0.29, 0.717) is 18.7 Å². The molecule has 4 atom stereocenters. The molecule has 1 aliphatic heterocycles. The fourth-order valence-electron chi connectivity index (χ4n) is 6.21. The van der Waals surface area contributed by atoms with E-state index in [4.69, 9.17) is 5.73 Å². The smallest absolute Gasteiger partial charge is 0.306 e. The van der Waals surface area contributed by atoms with Gasteiger partial charge in [0.25, 0.3) is 10.0 Å². The number of likely N-dealkylation sites (tertiary alicyclic amines) is 1. The number of piperidine rings is 1. The van der Waals surface area contributed by atoms with Crippen molar-refractivity contribution >= 4 is 44.3 Å². The quantitative estimate of drug-likeness (QED) is 0.219. The van der Waals surface area contributed by atoms with Crippen LogP contribution in [0.15, 0.2) is 82.1 Å². The van der Waals surface area contributed by atoms with Gasteiger partial charge in [0.2, 0.25) is 11.9 Å². The summed E-state index contributed by atoms with van der Waals surface area (Å²) in [5.41, 5.74) is 9.60. The SMILES string of the molecule is CC(C(=O)N1CCC(C(=O)O)C2CCCCC21)N(NC(N)=NS(=O)(=O)c1ccc2ccccc2c1)c1ccccc1. The second kappa shape index (κ2) is 11.8. The minimum Gasteiger partial charge on any atom is -0.481 e. The second-order valence-corrected chi connectivity index (χ2v) is 12.3. The highest BCUT2D eigenvalue weighted by atomic mass is 32.2. The number of hydrazine groups is 1. The van der Waals surface area contributed by atoms with E-state index in [1.807, 2.05) is 35.2 Å². The molecule has 1 saturated heterocycles. The number of carboxylic acids is 1. The summed E-state index contributed by atoms with van der Waals surface area (Å²) in [5, 5.41) is 12.9. The molecule has 0 spiro atoms. The van der Waals surface area contributed by atoms with Crippen molar-refractivity contribution in [1.29, 1.82) is 0 Å². The number of sulfonamides is 1. The number of carboxylic acid groups (broad SMARTS) is 1. The normalized spacial score (nSPS) is 22.0. The van der Waals surface area contributed by atoms with E-state index in [1.54, 1.807) is 43.3 Å². The number of hydrogen-bond acceptors (Lipinski definition) is 5. The molecule has 11 heteroatoms. The van der Waals surface area contributed by atoms with Crippen LogP contribution in [0, 0.1) is 11.8 Å². The van der Waals surface area contributed by atoms with Crippen LogP contribution in [0.2, 0.25) is 0 Å². The number of carbonyl (C=O) groups is 2. The molecular formula is C30H35N5O5S. The number of rotatable bonds is 7. The largest absolute Gasteiger partial charge is 0.481 e. The molecule has 0 radical (unpaired) electrons. The van der Waals surface area contributed by atoms with Crippen molar-refractivity contribution in [2.45, 2.75) is 56.0 Å². The van der Waals surface area contributed by atoms with Gasteiger partial charge >= 0.3 is 5.97 Å². The van der Waals surface area contributed by atoms with Crippen molar-refractivity contribution in [3.8, 4) is 0 Å². The van der Waals surface area contributed by atoms with Crippen LogP contribution in [0.5, 0.6) is 0 Å². The Morgan fingerprint density at radius 2 is 1.68 bits per heavy atom. The number of anilines is 1. The van der Waals surface area contributed by atoms with E-state index < -0.39 is 28.0 Å². The summed E-state index contributed by atoms with van der Waals surface area (Å²) in [6.45, 7) is 2.07. The summed E-state index contributed by atoms with van der Waals surface area (Å²) in [7, 11) is -4.15. The number of fused-ring (bicyclic) bond motifs is 2. The van der Waals surface area contributed by atoms with Crippen molar-refractivity contribution in [1.82, 2.24) is 10.3 Å². The highest BCUT2D eigenvalue weighted by Crippen LogP contribution is 2.39. The van der Waals surface area contributed by atoms with Gasteiger partial charge in [0, 0.05) is 12.6 Å². The van der Waals surface area contributed by atoms with Crippen molar-refractivity contribution in [2.75, 3.05) is 11.6 Å². The highest BCUT2D eigenvalue weighted by molar-refractivity contribution is 7.90. The molecule has 3 aromatic carbocycles. The van der Waals surface area contributed by atoms with E-state index in [0.717, 1.165) is 36.5 Å². The Balaban J connectivity index is 1.40. The van der Waals surface area contributed by atoms with Crippen LogP contribution in [0.25, 0.3) is 10.8 Å². The fourth-order valence-corrected chi connectivity index (χ4v) is 7.13. The summed E-state index contributed by atoms with van der Waals surface area (Å²) in [6, 6.07) is 20.2. The third-order valence-electron chi connectivity index (χ3n) is 8.23. The molecule has 1 amide bonds. The minimum absolute atomic E-state index is 0.000905. The minimum atomic E-state index is -4.15. The average Bonchev–Trinajstić information content (AvgIpc) is 2.98. The standard InChI is InChI=1S/C30H35N5O5S/c1-20(28(36)34-18-17-26(29(37)38)25-13-7-8-14-27(25)34)35(23-11-3-2-4-12-23)32-30(31)33-41(39,40)24-16-15-21-9-5-6-10-22(21)19-24/h2-6,9-12,15-16,19-20,25-27H,7-8,13-14,17-18H2,1H3,(H,37,38)(H3,31,32,33). The van der Waals surface area contributed by atoms with Crippen molar-refractivity contribution in [3.63, 3.8) is 0 Å². The van der Waals surface area contributed by atoms with Crippen LogP contribution in [-0.2, 0) is 19.6 Å². The van der Waals surface area contributed by atoms with Crippen LogP contribution in [0.3, 0.4) is 0 Å². The van der Waals surface area contributed by atoms with Gasteiger partial charge in [-0.15, -0.1) is 4.40 Å². The van der Waals surface area contributed by atoms with Gasteiger partial charge < -0.3 is 15.7 Å². The average molecular weight is 578 g/mol. The van der Waals surface area contributed by atoms with Crippen LogP contribution >= 0.6 is 0 Å². The first-order valence-corrected chi connectivity index (χ1v) is 15.3. The number of nitrogens with one attached hydrogen (secondary N) is 1. The Labute approximate surface area is 239 Å². The molecule has 216 valence electrons. The molecule has 1 saturated carbocycles. The Kier molecular flexibility index (Phi) is 8.16. The number of amides is 1. The molecule has 4 unspecified atom stereocenters. The maximum Gasteiger partial charge on any atom is 0.306 e. The van der Waals surface area contributed by atoms with E-state index >= 15 is 0 Å². The lowest BCUT2D eigenvalue weighted by atomic mass is 9.71. The maximum absolute atomic E-state index is 14.0. The lowest BCUT2D eigenvalue weighted by Gasteiger charge is -2.48. The zero-order chi connectivity index (χ0) is 29.1. The van der Waals surface area contributed by atoms with E-state index in [1.165, 1.54) is 11.1 Å². The van der Waals surface area contributed by atoms with Gasteiger partial charge in [0.05, 0.1) is 16.5 Å². The lowest BCUT2D eigenvalue weighted by molar-refractivity contribution is -0.154. The molecule has 0 bridgehead atoms. The van der Waals surface area contributed by atoms with E-state index in [2.05, 4.69) is 9.82 Å². The summed E-state index contributed by atoms with van der Waals surface area (Å²) in [6.07, 6.45) is 3.85. The van der Waals surface area contributed by atoms with Gasteiger partial charge in [-0.2, -0.15) is 8.42 Å². The number of nitrogens with zero attached hydrogens (tertiary/aromatic N) is 3. The van der Waals surface area contributed by atoms with Gasteiger partial charge in [0.1, 0.15) is 6.04 Å². The summed E-state index contributed by atoms with van der Waals surface area (Å²) in [5.74, 6) is -1.91. The van der Waals surface area contributed by atoms with Crippen molar-refractivity contribution < 1.29 is 23.1 Å². The molecule has 2 aliphatic rings. The van der Waals surface area contributed by atoms with E-state index in [9.17, 15) is 23.1 Å². The zero-order valence-corrected chi connectivity index (χ0v) is 23.7. The number of aliphatic carboxylic acids is 1. The van der Waals surface area contributed by atoms with Gasteiger partial charge in [-0.3, -0.25) is 20.0 Å². The maximum atomic E-state index is 14.0. The molecule has 41 heavy (non-hydrogen) atoms. The van der Waals surface area contributed by atoms with E-state index in [-0.39, 0.29) is 28.7 Å². The number of carbonyl (C=O) groups excluding carboxylic acids is 1. The molecule has 1 aliphatic carbocycles. The molecule has 2 fully saturated rings. The van der Waals surface area contributed by atoms with Crippen molar-refractivity contribution in [2.24, 2.45) is 22.0 Å². The first-order valence-electron chi connectivity index (χ1n) is 13.9. The van der Waals surface area contributed by atoms with Gasteiger partial charge in [0.15, 0.2) is 0 Å². The van der Waals surface area contributed by atoms with Crippen molar-refractivity contribution in [3.05, 3.63) is 72.8 Å². The number of benzene rings is 3. The molecule has 5 rings (SSSR count). The predicted molar refractivity (Wildman–Crippen MR) is 157 cm³/mol. The number of guanidine groups is 1. The number of nitrogens with two attached hydrogens (primary N) is 1. The summed E-state index contributed by atoms with van der Waals surface area (Å²) >= 11 is 0. The predicted octanol–water partition coefficient (Wildman–Crippen LogP) is 3.73. The highest BCUT2D eigenvalue weighted by Gasteiger charge is 2.45. The molecule has 10 nitrogen and oxygen atoms in total. The zero-order valence-electron chi connectivity index (χ0n) is 22.9. The first kappa shape index (κ1) is 28.4. The third kappa shape index (κ3) is 6.00. The van der Waals surface area contributed by atoms with Crippen LogP contribution < -0.4 is 16.2 Å². The monoisotopic (exact) mass is 577 g/mol. The second-order valence-electron chi connectivity index (χ2n) is 10.7. The molecule has 1 heterocycles. The molecular weight excluding hydrogens is 542 g/mol. The first-order chi connectivity index (χ1) is 19.7. The Hall–Kier alpha value is -4.12. The Bertz CT molecular complexity index is 1560. The topological polar surface area (TPSA) is 145 Å². The molecule has 0 aromatic heterocycles. The lowest BCUT2D eigenvalue weighted by Crippen LogP contribution is -2.61. The molecule has 3 aromatic rings. The van der Waals surface area contributed by atoms with Crippen LogP contribution in [0.4, 0.5) is 5.69 Å². The number of hydrogen-bond donors (Lipinski definition) is 3. The van der Waals surface area contributed by atoms with Gasteiger partial charge in [-0.25, -0.2) is 0 Å². The van der Waals surface area contributed by atoms with Gasteiger partial charge in [-0.05, 0) is 67.1 Å². The summed E-state index contributed by atoms with van der Waals surface area (Å²) in [4.78, 5) is 27.7. The van der Waals surface area contributed by atoms with Gasteiger partial charge in [-0.1, -0.05) is 61.4 Å². The number of para-hydroxylation sites is 1.